The van der Waals surface area contributed by atoms with Crippen LogP contribution in [0.2, 0.25) is 5.02 Å². The number of hydrogen-bond donors (Lipinski definition) is 0. The molecule has 0 unspecified atom stereocenters. The van der Waals surface area contributed by atoms with Crippen molar-refractivity contribution in [2.45, 2.75) is 44.6 Å². The van der Waals surface area contributed by atoms with E-state index >= 15 is 0 Å². The summed E-state index contributed by atoms with van der Waals surface area (Å²) in [6, 6.07) is 4.35. The Labute approximate surface area is 129 Å². The molecule has 1 aliphatic carbocycles. The van der Waals surface area contributed by atoms with E-state index in [-0.39, 0.29) is 28.2 Å². The maximum absolute atomic E-state index is 12.6. The second-order valence-corrected chi connectivity index (χ2v) is 5.92. The quantitative estimate of drug-likeness (QED) is 0.481. The average Bonchev–Trinajstić information content (AvgIpc) is 2.74. The van der Waals surface area contributed by atoms with Gasteiger partial charge in [0, 0.05) is 24.2 Å². The first-order chi connectivity index (χ1) is 10.0. The van der Waals surface area contributed by atoms with Crippen LogP contribution in [0.25, 0.3) is 0 Å². The van der Waals surface area contributed by atoms with Gasteiger partial charge in [-0.15, -0.1) is 0 Å². The number of carbonyl (C=O) groups excluding carboxylic acids is 1. The van der Waals surface area contributed by atoms with Gasteiger partial charge in [0.05, 0.1) is 4.92 Å². The van der Waals surface area contributed by atoms with Crippen LogP contribution in [0.5, 0.6) is 0 Å². The third-order valence-electron chi connectivity index (χ3n) is 4.08. The van der Waals surface area contributed by atoms with E-state index in [1.165, 1.54) is 31.0 Å². The topological polar surface area (TPSA) is 63.5 Å². The molecule has 0 bridgehead atoms. The summed E-state index contributed by atoms with van der Waals surface area (Å²) in [5, 5.41) is 11.4. The van der Waals surface area contributed by atoms with E-state index in [1.807, 2.05) is 0 Å². The highest BCUT2D eigenvalue weighted by Gasteiger charge is 2.27. The first-order valence-corrected chi connectivity index (χ1v) is 7.59. The van der Waals surface area contributed by atoms with Crippen LogP contribution in [0, 0.1) is 10.1 Å². The van der Waals surface area contributed by atoms with Crippen LogP contribution in [0.1, 0.15) is 48.9 Å². The van der Waals surface area contributed by atoms with Crippen molar-refractivity contribution in [1.82, 2.24) is 4.90 Å². The summed E-state index contributed by atoms with van der Waals surface area (Å²) >= 11 is 5.79. The lowest BCUT2D eigenvalue weighted by atomic mass is 10.1. The number of halogens is 1. The average molecular weight is 311 g/mol. The highest BCUT2D eigenvalue weighted by Crippen LogP contribution is 2.27. The standard InChI is InChI=1S/C15H19ClN2O3/c1-17(12-6-4-2-3-5-7-12)15(19)13-9-8-11(16)10-14(13)18(20)21/h8-10,12H,2-7H2,1H3. The molecule has 0 saturated heterocycles. The van der Waals surface area contributed by atoms with Crippen molar-refractivity contribution in [2.75, 3.05) is 7.05 Å². The molecule has 2 rings (SSSR count). The summed E-state index contributed by atoms with van der Waals surface area (Å²) in [4.78, 5) is 24.8. The molecule has 0 aromatic heterocycles. The minimum Gasteiger partial charge on any atom is -0.339 e. The summed E-state index contributed by atoms with van der Waals surface area (Å²) < 4.78 is 0. The van der Waals surface area contributed by atoms with Crippen LogP contribution < -0.4 is 0 Å². The summed E-state index contributed by atoms with van der Waals surface area (Å²) in [6.45, 7) is 0. The van der Waals surface area contributed by atoms with Crippen LogP contribution >= 0.6 is 11.6 Å². The SMILES string of the molecule is CN(C(=O)c1ccc(Cl)cc1[N+](=O)[O-])C1CCCCCC1. The lowest BCUT2D eigenvalue weighted by Gasteiger charge is -2.27. The monoisotopic (exact) mass is 310 g/mol. The third-order valence-corrected chi connectivity index (χ3v) is 4.31. The van der Waals surface area contributed by atoms with E-state index in [0.29, 0.717) is 0 Å². The van der Waals surface area contributed by atoms with Crippen LogP contribution in [-0.2, 0) is 0 Å². The van der Waals surface area contributed by atoms with E-state index in [0.717, 1.165) is 25.7 Å². The normalized spacial score (nSPS) is 16.3. The lowest BCUT2D eigenvalue weighted by Crippen LogP contribution is -2.37. The number of nitro groups is 1. The number of amides is 1. The molecule has 1 saturated carbocycles. The molecule has 1 aromatic carbocycles. The summed E-state index contributed by atoms with van der Waals surface area (Å²) in [6.07, 6.45) is 6.52. The number of carbonyl (C=O) groups is 1. The first-order valence-electron chi connectivity index (χ1n) is 7.22. The van der Waals surface area contributed by atoms with E-state index < -0.39 is 4.92 Å². The molecule has 0 radical (unpaired) electrons. The van der Waals surface area contributed by atoms with E-state index in [9.17, 15) is 14.9 Å². The van der Waals surface area contributed by atoms with Crippen molar-refractivity contribution >= 4 is 23.2 Å². The van der Waals surface area contributed by atoms with Crippen molar-refractivity contribution < 1.29 is 9.72 Å². The van der Waals surface area contributed by atoms with E-state index in [1.54, 1.807) is 11.9 Å². The minimum atomic E-state index is -0.556. The van der Waals surface area contributed by atoms with Gasteiger partial charge in [-0.1, -0.05) is 37.3 Å². The number of benzene rings is 1. The van der Waals surface area contributed by atoms with Gasteiger partial charge in [0.2, 0.25) is 0 Å². The van der Waals surface area contributed by atoms with Crippen LogP contribution in [0.4, 0.5) is 5.69 Å². The molecule has 1 aromatic rings. The largest absolute Gasteiger partial charge is 0.339 e. The van der Waals surface area contributed by atoms with Gasteiger partial charge < -0.3 is 4.90 Å². The highest BCUT2D eigenvalue weighted by molar-refractivity contribution is 6.31. The second kappa shape index (κ2) is 6.89. The van der Waals surface area contributed by atoms with Crippen molar-refractivity contribution in [3.05, 3.63) is 38.9 Å². The predicted molar refractivity (Wildman–Crippen MR) is 81.7 cm³/mol. The maximum Gasteiger partial charge on any atom is 0.283 e. The fourth-order valence-electron chi connectivity index (χ4n) is 2.84. The highest BCUT2D eigenvalue weighted by atomic mass is 35.5. The Hall–Kier alpha value is -1.62. The summed E-state index contributed by atoms with van der Waals surface area (Å²) in [7, 11) is 1.73. The van der Waals surface area contributed by atoms with Gasteiger partial charge in [-0.05, 0) is 25.0 Å². The molecule has 6 heteroatoms. The Bertz CT molecular complexity index is 540. The minimum absolute atomic E-state index is 0.108. The molecule has 0 atom stereocenters. The molecule has 114 valence electrons. The van der Waals surface area contributed by atoms with Gasteiger partial charge in [0.25, 0.3) is 11.6 Å². The maximum atomic E-state index is 12.6. The van der Waals surface area contributed by atoms with Gasteiger partial charge in [0.1, 0.15) is 5.56 Å². The van der Waals surface area contributed by atoms with Gasteiger partial charge >= 0.3 is 0 Å². The summed E-state index contributed by atoms with van der Waals surface area (Å²) in [5.41, 5.74) is -0.121. The Morgan fingerprint density at radius 2 is 1.90 bits per heavy atom. The molecule has 0 spiro atoms. The van der Waals surface area contributed by atoms with E-state index in [4.69, 9.17) is 11.6 Å². The van der Waals surface area contributed by atoms with Crippen LogP contribution in [-0.4, -0.2) is 28.8 Å². The van der Waals surface area contributed by atoms with Gasteiger partial charge in [-0.2, -0.15) is 0 Å². The Kier molecular flexibility index (Phi) is 5.17. The molecule has 21 heavy (non-hydrogen) atoms. The van der Waals surface area contributed by atoms with Crippen molar-refractivity contribution in [3.63, 3.8) is 0 Å². The van der Waals surface area contributed by atoms with Gasteiger partial charge in [0.15, 0.2) is 0 Å². The molecule has 5 nitrogen and oxygen atoms in total. The van der Waals surface area contributed by atoms with Gasteiger partial charge in [-0.25, -0.2) is 0 Å². The van der Waals surface area contributed by atoms with Crippen molar-refractivity contribution in [1.29, 1.82) is 0 Å². The molecule has 1 amide bonds. The summed E-state index contributed by atoms with van der Waals surface area (Å²) in [5.74, 6) is -0.301. The van der Waals surface area contributed by atoms with Crippen LogP contribution in [0.3, 0.4) is 0 Å². The zero-order valence-electron chi connectivity index (χ0n) is 12.0. The number of hydrogen-bond acceptors (Lipinski definition) is 3. The molecule has 0 N–H and O–H groups in total. The zero-order valence-corrected chi connectivity index (χ0v) is 12.8. The number of nitro benzene ring substituents is 1. The Morgan fingerprint density at radius 3 is 2.48 bits per heavy atom. The van der Waals surface area contributed by atoms with E-state index in [2.05, 4.69) is 0 Å². The number of rotatable bonds is 3. The molecular weight excluding hydrogens is 292 g/mol. The van der Waals surface area contributed by atoms with Crippen molar-refractivity contribution in [3.8, 4) is 0 Å². The molecular formula is C15H19ClN2O3. The Balaban J connectivity index is 2.24. The fraction of sp³-hybridized carbons (Fsp3) is 0.533. The molecule has 1 aliphatic rings. The zero-order chi connectivity index (χ0) is 15.4. The lowest BCUT2D eigenvalue weighted by molar-refractivity contribution is -0.385. The van der Waals surface area contributed by atoms with Gasteiger partial charge in [-0.3, -0.25) is 14.9 Å². The third kappa shape index (κ3) is 3.73. The number of nitrogens with zero attached hydrogens (tertiary/aromatic N) is 2. The Morgan fingerprint density at radius 1 is 1.29 bits per heavy atom. The first kappa shape index (κ1) is 15.8. The smallest absolute Gasteiger partial charge is 0.283 e. The predicted octanol–water partition coefficient (Wildman–Crippen LogP) is 4.04. The van der Waals surface area contributed by atoms with Crippen LogP contribution in [0.15, 0.2) is 18.2 Å². The van der Waals surface area contributed by atoms with Crippen molar-refractivity contribution in [2.24, 2.45) is 0 Å². The molecule has 1 fully saturated rings. The fourth-order valence-corrected chi connectivity index (χ4v) is 3.00. The molecule has 0 aliphatic heterocycles. The second-order valence-electron chi connectivity index (χ2n) is 5.48. The molecule has 0 heterocycles.